The minimum absolute atomic E-state index is 0. The first-order valence-corrected chi connectivity index (χ1v) is 42.0. The van der Waals surface area contributed by atoms with Crippen molar-refractivity contribution in [2.45, 2.75) is 102 Å². The zero-order chi connectivity index (χ0) is 80.7. The molecule has 612 valence electrons. The molecule has 0 saturated carbocycles. The molecule has 0 fully saturated rings. The molecule has 22 aromatic rings. The molecule has 0 saturated heterocycles. The number of aryl methyl sites for hydroxylation is 4. The van der Waals surface area contributed by atoms with Gasteiger partial charge < -0.3 is 17.6 Å². The Balaban J connectivity index is 0.000000108. The van der Waals surface area contributed by atoms with Crippen LogP contribution in [0.2, 0.25) is 0 Å². The standard InChI is InChI=1S/3C30H21N2.C22H21N2.4Ir/c1-20-28-30(22-12-4-2-5-13-22,23-14-6-3-7-15-23)19-21-11-10-18-25-24-16-8-9-17-26(24)29(31-20)32(28)27(21)25;1-20-27-19-30(21-11-4-2-5-12-21,22-13-6-3-7-14-22)26-18-10-17-24-23-15-8-9-16-25(23)29(31-20)32(27)28(24)26;1-19-28-27(21-13-6-3-7-14-21)26(20-11-4-2-5-12-20)25-18-10-17-23-22-15-8-9-16-24(22)30(31-19)32(28)29(23)25;1-13-19-22(4,5)21(2,3)17-12-8-11-15-14-9-6-7-10-16(14)20(23-13)24(19)18(15)17;;;;/h2-16,18H,19H2,1H3;2-15,17-18H,19H2,1H3;2-15,17-18,26-27H,1H3;6-9,11-12H,1-5H3;;;;/q4*-1;;;;. The smallest absolute Gasteiger partial charge is 0.0659 e. The minimum atomic E-state index is -0.310. The number of benzene rings is 14. The van der Waals surface area contributed by atoms with E-state index in [0.717, 1.165) is 79.8 Å². The largest absolute Gasteiger partial charge is 0.337 e. The predicted octanol–water partition coefficient (Wildman–Crippen LogP) is 25.6. The van der Waals surface area contributed by atoms with Gasteiger partial charge in [-0.05, 0) is 111 Å². The molecule has 2 atom stereocenters. The molecule has 0 N–H and O–H groups in total. The molecule has 12 heteroatoms. The summed E-state index contributed by atoms with van der Waals surface area (Å²) in [6.45, 7) is 18.1. The van der Waals surface area contributed by atoms with E-state index in [9.17, 15) is 0 Å². The van der Waals surface area contributed by atoms with Crippen molar-refractivity contribution < 1.29 is 80.4 Å². The molecule has 124 heavy (non-hydrogen) atoms. The van der Waals surface area contributed by atoms with Crippen molar-refractivity contribution in [3.05, 3.63) is 453 Å². The second kappa shape index (κ2) is 31.3. The molecule has 0 amide bonds. The normalized spacial score (nSPS) is 15.5. The van der Waals surface area contributed by atoms with Gasteiger partial charge in [-0.15, -0.1) is 119 Å². The second-order valence-corrected chi connectivity index (χ2v) is 34.4. The maximum Gasteiger partial charge on any atom is 0.0659 e. The average molecular weight is 2310 g/mol. The van der Waals surface area contributed by atoms with Crippen molar-refractivity contribution in [2.24, 2.45) is 0 Å². The van der Waals surface area contributed by atoms with E-state index in [1.807, 2.05) is 24.3 Å². The Bertz CT molecular complexity index is 7900. The van der Waals surface area contributed by atoms with Crippen LogP contribution >= 0.6 is 0 Å². The molecular formula is C112H84Ir4N8-4. The Kier molecular flexibility index (Phi) is 20.8. The topological polar surface area (TPSA) is 69.2 Å². The maximum atomic E-state index is 5.17. The minimum Gasteiger partial charge on any atom is -0.337 e. The third-order valence-electron chi connectivity index (χ3n) is 27.9. The summed E-state index contributed by atoms with van der Waals surface area (Å²) in [5, 5.41) is 14.4. The summed E-state index contributed by atoms with van der Waals surface area (Å²) in [4.78, 5) is 20.4. The molecule has 4 aliphatic heterocycles. The fourth-order valence-electron chi connectivity index (χ4n) is 22.2. The van der Waals surface area contributed by atoms with E-state index in [0.29, 0.717) is 0 Å². The molecular weight excluding hydrogens is 2230 g/mol. The van der Waals surface area contributed by atoms with E-state index in [1.54, 1.807) is 0 Å². The van der Waals surface area contributed by atoms with Crippen LogP contribution < -0.4 is 0 Å². The van der Waals surface area contributed by atoms with Gasteiger partial charge in [-0.25, -0.2) is 0 Å². The monoisotopic (exact) mass is 2310 g/mol. The van der Waals surface area contributed by atoms with Crippen LogP contribution in [0.5, 0.6) is 0 Å². The first kappa shape index (κ1) is 82.1. The number of nitrogens with zero attached hydrogens (tertiary/aromatic N) is 8. The molecule has 26 rings (SSSR count). The van der Waals surface area contributed by atoms with Crippen molar-refractivity contribution in [1.29, 1.82) is 0 Å². The zero-order valence-corrected chi connectivity index (χ0v) is 79.2. The van der Waals surface area contributed by atoms with Crippen molar-refractivity contribution in [3.8, 4) is 0 Å². The number of fused-ring (bicyclic) bond motifs is 12. The zero-order valence-electron chi connectivity index (χ0n) is 69.7. The Morgan fingerprint density at radius 3 is 1.12 bits per heavy atom. The predicted molar refractivity (Wildman–Crippen MR) is 491 cm³/mol. The summed E-state index contributed by atoms with van der Waals surface area (Å²) in [6, 6.07) is 132. The molecule has 8 nitrogen and oxygen atoms in total. The van der Waals surface area contributed by atoms with Crippen LogP contribution in [0, 0.1) is 52.0 Å². The molecule has 12 heterocycles. The number of imidazole rings is 4. The summed E-state index contributed by atoms with van der Waals surface area (Å²) in [5.41, 5.74) is 31.7. The van der Waals surface area contributed by atoms with E-state index in [-0.39, 0.29) is 114 Å². The number of pyridine rings is 4. The van der Waals surface area contributed by atoms with Gasteiger partial charge in [0.15, 0.2) is 0 Å². The summed E-state index contributed by atoms with van der Waals surface area (Å²) in [6.07, 6.45) is 1.78. The van der Waals surface area contributed by atoms with Crippen LogP contribution in [-0.4, -0.2) is 37.5 Å². The first-order valence-electron chi connectivity index (χ1n) is 42.0. The number of hydrogen-bond acceptors (Lipinski definition) is 4. The molecule has 2 unspecified atom stereocenters. The molecule has 4 radical (unpaired) electrons. The van der Waals surface area contributed by atoms with E-state index in [2.05, 4.69) is 401 Å². The van der Waals surface area contributed by atoms with Crippen molar-refractivity contribution >= 4 is 109 Å². The summed E-state index contributed by atoms with van der Waals surface area (Å²) in [5.74, 6) is 0.409. The number of para-hydroxylation sites is 4. The van der Waals surface area contributed by atoms with Gasteiger partial charge in [0.2, 0.25) is 0 Å². The Labute approximate surface area is 774 Å². The Morgan fingerprint density at radius 2 is 0.637 bits per heavy atom. The fraction of sp³-hybridized carbons (Fsp3) is 0.143. The van der Waals surface area contributed by atoms with Gasteiger partial charge >= 0.3 is 0 Å². The van der Waals surface area contributed by atoms with E-state index in [4.69, 9.17) is 19.9 Å². The first-order chi connectivity index (χ1) is 58.8. The third-order valence-corrected chi connectivity index (χ3v) is 27.9. The average Bonchev–Trinajstić information content (AvgIpc) is 1.50. The summed E-state index contributed by atoms with van der Waals surface area (Å²) < 4.78 is 9.67. The van der Waals surface area contributed by atoms with Gasteiger partial charge in [0.25, 0.3) is 0 Å². The molecule has 4 aliphatic rings. The van der Waals surface area contributed by atoms with Gasteiger partial charge in [0, 0.05) is 171 Å². The summed E-state index contributed by atoms with van der Waals surface area (Å²) >= 11 is 0. The second-order valence-electron chi connectivity index (χ2n) is 34.4. The van der Waals surface area contributed by atoms with Crippen molar-refractivity contribution in [1.82, 2.24) is 37.5 Å². The van der Waals surface area contributed by atoms with Gasteiger partial charge in [-0.3, -0.25) is 19.9 Å². The SMILES string of the molecule is Cc1nc2c3[c-]cccc3c3cccc4c3n2c1C(C)(C)C4(C)C.Cc1nc2c3[c-]cccc3c3cccc4c3n2c1C(c1ccccc1)(c1ccccc1)C4.Cc1nc2c3[c-]cccc3c3cccc4c3n2c1C(c1ccccc1)C4c1ccccc1.Cc1nc2c3[c-]cccc3c3cccc4c3n2c1CC4(c1ccccc1)c1ccccc1.[Ir].[Ir].[Ir].[Ir]. The molecule has 8 aromatic heterocycles. The van der Waals surface area contributed by atoms with Crippen molar-refractivity contribution in [3.63, 3.8) is 0 Å². The van der Waals surface area contributed by atoms with Gasteiger partial charge in [-0.2, -0.15) is 0 Å². The van der Waals surface area contributed by atoms with Gasteiger partial charge in [0.1, 0.15) is 0 Å². The van der Waals surface area contributed by atoms with Crippen LogP contribution in [0.4, 0.5) is 0 Å². The Morgan fingerprint density at radius 1 is 0.282 bits per heavy atom. The van der Waals surface area contributed by atoms with Gasteiger partial charge in [-0.1, -0.05) is 304 Å². The molecule has 0 bridgehead atoms. The maximum absolute atomic E-state index is 5.17. The molecule has 0 aliphatic carbocycles. The number of hydrogen-bond donors (Lipinski definition) is 0. The number of aromatic nitrogens is 8. The van der Waals surface area contributed by atoms with E-state index >= 15 is 0 Å². The van der Waals surface area contributed by atoms with Crippen LogP contribution in [0.25, 0.3) is 109 Å². The molecule has 0 spiro atoms. The third kappa shape index (κ3) is 11.8. The van der Waals surface area contributed by atoms with Crippen LogP contribution in [0.3, 0.4) is 0 Å². The van der Waals surface area contributed by atoms with Crippen LogP contribution in [0.1, 0.15) is 141 Å². The van der Waals surface area contributed by atoms with Crippen LogP contribution in [-0.2, 0) is 115 Å². The van der Waals surface area contributed by atoms with E-state index < -0.39 is 0 Å². The molecule has 14 aromatic carbocycles. The summed E-state index contributed by atoms with van der Waals surface area (Å²) in [7, 11) is 0. The quantitative estimate of drug-likeness (QED) is 0.123. The van der Waals surface area contributed by atoms with E-state index in [1.165, 1.54) is 144 Å². The Hall–Kier alpha value is -11.5. The van der Waals surface area contributed by atoms with Crippen molar-refractivity contribution in [2.75, 3.05) is 0 Å². The van der Waals surface area contributed by atoms with Gasteiger partial charge in [0.05, 0.1) is 39.1 Å². The van der Waals surface area contributed by atoms with Crippen LogP contribution in [0.15, 0.2) is 328 Å². The fourth-order valence-corrected chi connectivity index (χ4v) is 22.2. The number of rotatable bonds is 6.